The molecule has 0 spiro atoms. The standard InChI is InChI=1S/C25H21ClFN3O3S/c1-3-12-33-25(32)22-15(2)29-24(19(13-28)23(22)18-6-4-5-7-20(18)26)34-14-21(31)30-17-10-8-16(27)9-11-17/h3-11,23,29H,1,12,14H2,2H3,(H,30,31). The monoisotopic (exact) mass is 497 g/mol. The van der Waals surface area contributed by atoms with E-state index in [0.717, 1.165) is 11.8 Å². The SMILES string of the molecule is C=CCOC(=O)C1=C(C)NC(SCC(=O)Nc2ccc(F)cc2)=C(C#N)C1c1ccccc1Cl. The third-order valence-corrected chi connectivity index (χ3v) is 6.25. The van der Waals surface area contributed by atoms with Crippen LogP contribution in [-0.4, -0.2) is 24.2 Å². The fourth-order valence-electron chi connectivity index (χ4n) is 3.40. The Labute approximate surface area is 206 Å². The Bertz CT molecular complexity index is 1220. The van der Waals surface area contributed by atoms with E-state index in [1.54, 1.807) is 31.2 Å². The minimum absolute atomic E-state index is 0.0155. The molecule has 0 radical (unpaired) electrons. The predicted octanol–water partition coefficient (Wildman–Crippen LogP) is 5.28. The second-order valence-electron chi connectivity index (χ2n) is 7.20. The van der Waals surface area contributed by atoms with E-state index in [1.807, 2.05) is 0 Å². The van der Waals surface area contributed by atoms with E-state index in [2.05, 4.69) is 23.3 Å². The number of rotatable bonds is 8. The third-order valence-electron chi connectivity index (χ3n) is 4.89. The van der Waals surface area contributed by atoms with E-state index >= 15 is 0 Å². The number of nitriles is 1. The first kappa shape index (κ1) is 25.1. The number of hydrogen-bond donors (Lipinski definition) is 2. The Morgan fingerprint density at radius 1 is 1.29 bits per heavy atom. The molecule has 2 N–H and O–H groups in total. The Hall–Kier alpha value is -3.54. The van der Waals surface area contributed by atoms with Crippen molar-refractivity contribution in [3.8, 4) is 6.07 Å². The maximum Gasteiger partial charge on any atom is 0.337 e. The maximum absolute atomic E-state index is 13.1. The van der Waals surface area contributed by atoms with Crippen LogP contribution in [-0.2, 0) is 14.3 Å². The highest BCUT2D eigenvalue weighted by Gasteiger charge is 2.36. The molecule has 1 amide bonds. The molecule has 6 nitrogen and oxygen atoms in total. The fourth-order valence-corrected chi connectivity index (χ4v) is 4.53. The summed E-state index contributed by atoms with van der Waals surface area (Å²) < 4.78 is 18.3. The van der Waals surface area contributed by atoms with Gasteiger partial charge in [0.25, 0.3) is 0 Å². The zero-order valence-corrected chi connectivity index (χ0v) is 19.8. The molecule has 9 heteroatoms. The lowest BCUT2D eigenvalue weighted by Crippen LogP contribution is -2.29. The second-order valence-corrected chi connectivity index (χ2v) is 8.60. The van der Waals surface area contributed by atoms with Gasteiger partial charge in [-0.1, -0.05) is 54.2 Å². The van der Waals surface area contributed by atoms with Crippen LogP contribution in [0.5, 0.6) is 0 Å². The Balaban J connectivity index is 1.91. The highest BCUT2D eigenvalue weighted by Crippen LogP contribution is 2.43. The van der Waals surface area contributed by atoms with Crippen molar-refractivity contribution in [3.05, 3.63) is 99.5 Å². The van der Waals surface area contributed by atoms with Gasteiger partial charge in [-0.2, -0.15) is 5.26 Å². The number of halogens is 2. The lowest BCUT2D eigenvalue weighted by atomic mass is 9.82. The fraction of sp³-hybridized carbons (Fsp3) is 0.160. The van der Waals surface area contributed by atoms with Gasteiger partial charge in [-0.05, 0) is 42.8 Å². The number of benzene rings is 2. The molecule has 1 heterocycles. The van der Waals surface area contributed by atoms with Crippen LogP contribution in [0.15, 0.2) is 83.1 Å². The lowest BCUT2D eigenvalue weighted by molar-refractivity contribution is -0.138. The molecular weight excluding hydrogens is 477 g/mol. The normalized spacial score (nSPS) is 15.3. The third kappa shape index (κ3) is 5.87. The van der Waals surface area contributed by atoms with Crippen LogP contribution >= 0.6 is 23.4 Å². The highest BCUT2D eigenvalue weighted by atomic mass is 35.5. The summed E-state index contributed by atoms with van der Waals surface area (Å²) in [5.74, 6) is -2.14. The second kappa shape index (κ2) is 11.5. The number of nitrogens with zero attached hydrogens (tertiary/aromatic N) is 1. The van der Waals surface area contributed by atoms with Crippen LogP contribution < -0.4 is 10.6 Å². The molecule has 0 aromatic heterocycles. The number of ether oxygens (including phenoxy) is 1. The summed E-state index contributed by atoms with van der Waals surface area (Å²) in [4.78, 5) is 25.3. The van der Waals surface area contributed by atoms with Crippen LogP contribution in [0.2, 0.25) is 5.02 Å². The van der Waals surface area contributed by atoms with Gasteiger partial charge in [0.2, 0.25) is 5.91 Å². The van der Waals surface area contributed by atoms with Crippen molar-refractivity contribution in [3.63, 3.8) is 0 Å². The minimum Gasteiger partial charge on any atom is -0.458 e. The zero-order valence-electron chi connectivity index (χ0n) is 18.2. The van der Waals surface area contributed by atoms with Crippen molar-refractivity contribution in [1.82, 2.24) is 5.32 Å². The van der Waals surface area contributed by atoms with Crippen molar-refractivity contribution >= 4 is 40.9 Å². The molecule has 1 aliphatic rings. The average Bonchev–Trinajstić information content (AvgIpc) is 2.82. The molecule has 0 saturated heterocycles. The first-order chi connectivity index (χ1) is 16.3. The molecule has 1 atom stereocenters. The number of amides is 1. The van der Waals surface area contributed by atoms with Crippen molar-refractivity contribution in [1.29, 1.82) is 5.26 Å². The predicted molar refractivity (Wildman–Crippen MR) is 131 cm³/mol. The molecule has 34 heavy (non-hydrogen) atoms. The van der Waals surface area contributed by atoms with Gasteiger partial charge in [0, 0.05) is 16.4 Å². The summed E-state index contributed by atoms with van der Waals surface area (Å²) >= 11 is 7.55. The highest BCUT2D eigenvalue weighted by molar-refractivity contribution is 8.03. The summed E-state index contributed by atoms with van der Waals surface area (Å²) in [6.07, 6.45) is 1.45. The van der Waals surface area contributed by atoms with Crippen LogP contribution in [0, 0.1) is 17.1 Å². The van der Waals surface area contributed by atoms with E-state index < -0.39 is 17.7 Å². The lowest BCUT2D eigenvalue weighted by Gasteiger charge is -2.29. The van der Waals surface area contributed by atoms with E-state index in [0.29, 0.717) is 27.0 Å². The van der Waals surface area contributed by atoms with Crippen LogP contribution in [0.3, 0.4) is 0 Å². The van der Waals surface area contributed by atoms with Crippen molar-refractivity contribution < 1.29 is 18.7 Å². The van der Waals surface area contributed by atoms with E-state index in [-0.39, 0.29) is 29.4 Å². The number of hydrogen-bond acceptors (Lipinski definition) is 6. The summed E-state index contributed by atoms with van der Waals surface area (Å²) in [5, 5.41) is 16.6. The van der Waals surface area contributed by atoms with Crippen molar-refractivity contribution in [2.45, 2.75) is 12.8 Å². The molecular formula is C25H21ClFN3O3S. The van der Waals surface area contributed by atoms with Gasteiger partial charge in [0.05, 0.1) is 33.9 Å². The average molecular weight is 498 g/mol. The van der Waals surface area contributed by atoms with Crippen LogP contribution in [0.4, 0.5) is 10.1 Å². The van der Waals surface area contributed by atoms with E-state index in [4.69, 9.17) is 16.3 Å². The molecule has 0 saturated carbocycles. The van der Waals surface area contributed by atoms with Gasteiger partial charge < -0.3 is 15.4 Å². The van der Waals surface area contributed by atoms with Gasteiger partial charge in [-0.15, -0.1) is 0 Å². The van der Waals surface area contributed by atoms with Gasteiger partial charge >= 0.3 is 5.97 Å². The molecule has 2 aromatic rings. The molecule has 1 unspecified atom stereocenters. The molecule has 0 fully saturated rings. The summed E-state index contributed by atoms with van der Waals surface area (Å²) in [6.45, 7) is 5.27. The largest absolute Gasteiger partial charge is 0.458 e. The molecule has 3 rings (SSSR count). The topological polar surface area (TPSA) is 91.2 Å². The minimum atomic E-state index is -0.778. The van der Waals surface area contributed by atoms with Crippen LogP contribution in [0.1, 0.15) is 18.4 Å². The number of nitrogens with one attached hydrogen (secondary N) is 2. The quantitative estimate of drug-likeness (QED) is 0.381. The summed E-state index contributed by atoms with van der Waals surface area (Å²) in [6, 6.07) is 14.5. The maximum atomic E-state index is 13.1. The van der Waals surface area contributed by atoms with E-state index in [9.17, 15) is 19.2 Å². The summed E-state index contributed by atoms with van der Waals surface area (Å²) in [7, 11) is 0. The first-order valence-electron chi connectivity index (χ1n) is 10.2. The molecule has 0 bridgehead atoms. The van der Waals surface area contributed by atoms with Crippen LogP contribution in [0.25, 0.3) is 0 Å². The van der Waals surface area contributed by atoms with Gasteiger partial charge in [0.15, 0.2) is 0 Å². The first-order valence-corrected chi connectivity index (χ1v) is 11.5. The number of esters is 1. The van der Waals surface area contributed by atoms with Gasteiger partial charge in [-0.3, -0.25) is 4.79 Å². The van der Waals surface area contributed by atoms with Gasteiger partial charge in [0.1, 0.15) is 12.4 Å². The Kier molecular flexibility index (Phi) is 8.52. The number of anilines is 1. The summed E-state index contributed by atoms with van der Waals surface area (Å²) in [5.41, 5.74) is 2.01. The number of carbonyl (C=O) groups is 2. The number of carbonyl (C=O) groups excluding carboxylic acids is 2. The number of allylic oxidation sites excluding steroid dienone is 2. The van der Waals surface area contributed by atoms with Crippen molar-refractivity contribution in [2.75, 3.05) is 17.7 Å². The van der Waals surface area contributed by atoms with E-state index in [1.165, 1.54) is 30.3 Å². The number of dihydropyridines is 1. The molecule has 0 aliphatic carbocycles. The smallest absolute Gasteiger partial charge is 0.337 e. The van der Waals surface area contributed by atoms with Gasteiger partial charge in [-0.25, -0.2) is 9.18 Å². The molecule has 1 aliphatic heterocycles. The number of thioether (sulfide) groups is 1. The Morgan fingerprint density at radius 2 is 2.00 bits per heavy atom. The Morgan fingerprint density at radius 3 is 2.65 bits per heavy atom. The molecule has 2 aromatic carbocycles. The molecule has 174 valence electrons. The van der Waals surface area contributed by atoms with Crippen molar-refractivity contribution in [2.24, 2.45) is 0 Å². The zero-order chi connectivity index (χ0) is 24.7.